The topological polar surface area (TPSA) is 24.1 Å². The highest BCUT2D eigenvalue weighted by Crippen LogP contribution is 2.17. The maximum atomic E-state index is 3.67. The molecule has 1 unspecified atom stereocenters. The Labute approximate surface area is 105 Å². The predicted molar refractivity (Wildman–Crippen MR) is 73.2 cm³/mol. The predicted octanol–water partition coefficient (Wildman–Crippen LogP) is 2.65. The molecule has 17 heavy (non-hydrogen) atoms. The van der Waals surface area contributed by atoms with Crippen LogP contribution in [0.4, 0.5) is 0 Å². The molecule has 94 valence electrons. The van der Waals surface area contributed by atoms with Gasteiger partial charge in [0.15, 0.2) is 0 Å². The third-order valence-corrected chi connectivity index (χ3v) is 3.77. The Hall–Kier alpha value is -0.860. The first kappa shape index (κ1) is 12.6. The van der Waals surface area contributed by atoms with Gasteiger partial charge in [0.1, 0.15) is 0 Å². The van der Waals surface area contributed by atoms with Gasteiger partial charge in [-0.05, 0) is 63.4 Å². The van der Waals surface area contributed by atoms with E-state index in [1.165, 1.54) is 37.1 Å². The smallest absolute Gasteiger partial charge is 0.0294 e. The summed E-state index contributed by atoms with van der Waals surface area (Å²) in [5.74, 6) is 0.801. The number of piperidine rings is 1. The molecule has 0 spiro atoms. The molecule has 1 fully saturated rings. The molecular weight excluding hydrogens is 208 g/mol. The highest BCUT2D eigenvalue weighted by atomic mass is 14.9. The van der Waals surface area contributed by atoms with E-state index in [2.05, 4.69) is 48.7 Å². The van der Waals surface area contributed by atoms with Gasteiger partial charge in [-0.3, -0.25) is 0 Å². The number of aryl methyl sites for hydroxylation is 1. The van der Waals surface area contributed by atoms with Gasteiger partial charge in [-0.1, -0.05) is 24.3 Å². The van der Waals surface area contributed by atoms with Crippen molar-refractivity contribution in [3.05, 3.63) is 35.4 Å². The molecule has 0 aromatic heterocycles. The lowest BCUT2D eigenvalue weighted by molar-refractivity contribution is 0.348. The van der Waals surface area contributed by atoms with Crippen LogP contribution in [0.2, 0.25) is 0 Å². The fraction of sp³-hybridized carbons (Fsp3) is 0.600. The Morgan fingerprint density at radius 3 is 2.94 bits per heavy atom. The van der Waals surface area contributed by atoms with Crippen LogP contribution < -0.4 is 10.6 Å². The Balaban J connectivity index is 1.84. The van der Waals surface area contributed by atoms with Gasteiger partial charge < -0.3 is 10.6 Å². The van der Waals surface area contributed by atoms with Gasteiger partial charge in [0.05, 0.1) is 0 Å². The van der Waals surface area contributed by atoms with Gasteiger partial charge in [0.25, 0.3) is 0 Å². The third kappa shape index (κ3) is 3.55. The van der Waals surface area contributed by atoms with Gasteiger partial charge in [-0.15, -0.1) is 0 Å². The van der Waals surface area contributed by atoms with Crippen LogP contribution in [0, 0.1) is 12.8 Å². The Morgan fingerprint density at radius 1 is 1.41 bits per heavy atom. The van der Waals surface area contributed by atoms with E-state index < -0.39 is 0 Å². The lowest BCUT2D eigenvalue weighted by Gasteiger charge is -2.25. The lowest BCUT2D eigenvalue weighted by Crippen LogP contribution is -2.36. The fourth-order valence-corrected chi connectivity index (χ4v) is 2.62. The van der Waals surface area contributed by atoms with Crippen LogP contribution >= 0.6 is 0 Å². The van der Waals surface area contributed by atoms with Crippen molar-refractivity contribution < 1.29 is 0 Å². The van der Waals surface area contributed by atoms with Crippen LogP contribution in [-0.4, -0.2) is 19.6 Å². The average Bonchev–Trinajstić information content (AvgIpc) is 2.38. The highest BCUT2D eigenvalue weighted by Gasteiger charge is 2.14. The summed E-state index contributed by atoms with van der Waals surface area (Å²) in [6, 6.07) is 9.11. The van der Waals surface area contributed by atoms with E-state index in [4.69, 9.17) is 0 Å². The summed E-state index contributed by atoms with van der Waals surface area (Å²) in [6.07, 6.45) is 2.69. The van der Waals surface area contributed by atoms with Crippen molar-refractivity contribution in [3.63, 3.8) is 0 Å². The second-order valence-corrected chi connectivity index (χ2v) is 5.20. The molecule has 1 heterocycles. The number of benzene rings is 1. The van der Waals surface area contributed by atoms with Crippen molar-refractivity contribution >= 4 is 0 Å². The summed E-state index contributed by atoms with van der Waals surface area (Å²) in [7, 11) is 0. The number of nitrogens with one attached hydrogen (secondary N) is 2. The molecule has 2 N–H and O–H groups in total. The van der Waals surface area contributed by atoms with Gasteiger partial charge in [0, 0.05) is 6.04 Å². The minimum atomic E-state index is 0.457. The molecule has 1 saturated heterocycles. The normalized spacial score (nSPS) is 22.4. The first-order chi connectivity index (χ1) is 8.27. The standard InChI is InChI=1S/C15H24N2/c1-12-6-3-4-8-15(12)13(2)17-11-14-7-5-9-16-10-14/h3-4,6,8,13-14,16-17H,5,7,9-11H2,1-2H3/t13-,14?/m1/s1. The van der Waals surface area contributed by atoms with Crippen LogP contribution in [0.3, 0.4) is 0 Å². The zero-order valence-electron chi connectivity index (χ0n) is 11.0. The van der Waals surface area contributed by atoms with E-state index in [9.17, 15) is 0 Å². The third-order valence-electron chi connectivity index (χ3n) is 3.77. The lowest BCUT2D eigenvalue weighted by atomic mass is 9.98. The molecule has 2 atom stereocenters. The zero-order valence-corrected chi connectivity index (χ0v) is 11.0. The summed E-state index contributed by atoms with van der Waals surface area (Å²) >= 11 is 0. The van der Waals surface area contributed by atoms with Crippen LogP contribution in [-0.2, 0) is 0 Å². The molecular formula is C15H24N2. The van der Waals surface area contributed by atoms with E-state index >= 15 is 0 Å². The molecule has 0 aliphatic carbocycles. The van der Waals surface area contributed by atoms with Crippen molar-refractivity contribution in [2.24, 2.45) is 5.92 Å². The van der Waals surface area contributed by atoms with Crippen LogP contribution in [0.1, 0.15) is 36.9 Å². The van der Waals surface area contributed by atoms with Crippen LogP contribution in [0.5, 0.6) is 0 Å². The Bertz CT molecular complexity index is 343. The minimum Gasteiger partial charge on any atom is -0.316 e. The second kappa shape index (κ2) is 6.18. The summed E-state index contributed by atoms with van der Waals surface area (Å²) in [5.41, 5.74) is 2.81. The van der Waals surface area contributed by atoms with Crippen molar-refractivity contribution in [3.8, 4) is 0 Å². The molecule has 0 radical (unpaired) electrons. The molecule has 2 heteroatoms. The maximum absolute atomic E-state index is 3.67. The van der Waals surface area contributed by atoms with Crippen molar-refractivity contribution in [2.45, 2.75) is 32.7 Å². The van der Waals surface area contributed by atoms with Gasteiger partial charge in [-0.25, -0.2) is 0 Å². The van der Waals surface area contributed by atoms with E-state index in [1.807, 2.05) is 0 Å². The summed E-state index contributed by atoms with van der Waals surface area (Å²) in [5, 5.41) is 7.14. The summed E-state index contributed by atoms with van der Waals surface area (Å²) in [4.78, 5) is 0. The van der Waals surface area contributed by atoms with E-state index in [0.717, 1.165) is 12.5 Å². The van der Waals surface area contributed by atoms with E-state index in [-0.39, 0.29) is 0 Å². The fourth-order valence-electron chi connectivity index (χ4n) is 2.62. The van der Waals surface area contributed by atoms with E-state index in [1.54, 1.807) is 0 Å². The maximum Gasteiger partial charge on any atom is 0.0294 e. The highest BCUT2D eigenvalue weighted by molar-refractivity contribution is 5.28. The molecule has 2 nitrogen and oxygen atoms in total. The minimum absolute atomic E-state index is 0.457. The van der Waals surface area contributed by atoms with Crippen LogP contribution in [0.15, 0.2) is 24.3 Å². The molecule has 1 aromatic carbocycles. The van der Waals surface area contributed by atoms with Crippen LogP contribution in [0.25, 0.3) is 0 Å². The molecule has 1 aliphatic heterocycles. The molecule has 0 saturated carbocycles. The number of hydrogen-bond donors (Lipinski definition) is 2. The monoisotopic (exact) mass is 232 g/mol. The molecule has 1 aliphatic rings. The van der Waals surface area contributed by atoms with E-state index in [0.29, 0.717) is 6.04 Å². The summed E-state index contributed by atoms with van der Waals surface area (Å²) in [6.45, 7) is 7.95. The number of hydrogen-bond acceptors (Lipinski definition) is 2. The average molecular weight is 232 g/mol. The van der Waals surface area contributed by atoms with Gasteiger partial charge >= 0.3 is 0 Å². The number of rotatable bonds is 4. The largest absolute Gasteiger partial charge is 0.316 e. The Kier molecular flexibility index (Phi) is 4.57. The molecule has 2 rings (SSSR count). The quantitative estimate of drug-likeness (QED) is 0.834. The first-order valence-corrected chi connectivity index (χ1v) is 6.77. The van der Waals surface area contributed by atoms with Gasteiger partial charge in [-0.2, -0.15) is 0 Å². The van der Waals surface area contributed by atoms with Crippen molar-refractivity contribution in [1.82, 2.24) is 10.6 Å². The molecule has 1 aromatic rings. The van der Waals surface area contributed by atoms with Crippen molar-refractivity contribution in [2.75, 3.05) is 19.6 Å². The second-order valence-electron chi connectivity index (χ2n) is 5.20. The molecule has 0 bridgehead atoms. The van der Waals surface area contributed by atoms with Gasteiger partial charge in [0.2, 0.25) is 0 Å². The molecule has 0 amide bonds. The first-order valence-electron chi connectivity index (χ1n) is 6.77. The summed E-state index contributed by atoms with van der Waals surface area (Å²) < 4.78 is 0. The zero-order chi connectivity index (χ0) is 12.1. The Morgan fingerprint density at radius 2 is 2.24 bits per heavy atom. The van der Waals surface area contributed by atoms with Crippen molar-refractivity contribution in [1.29, 1.82) is 0 Å². The SMILES string of the molecule is Cc1ccccc1[C@@H](C)NCC1CCCNC1.